The fraction of sp³-hybridized carbons (Fsp3) is 0.571. The molecule has 1 atom stereocenters. The summed E-state index contributed by atoms with van der Waals surface area (Å²) in [6.45, 7) is 2.74. The molecular formula is C7H6N4O3. The molecule has 0 aromatic rings. The summed E-state index contributed by atoms with van der Waals surface area (Å²) in [5, 5.41) is 31.3. The Bertz CT molecular complexity index is 400. The van der Waals surface area contributed by atoms with Gasteiger partial charge in [-0.15, -0.1) is 0 Å². The van der Waals surface area contributed by atoms with Gasteiger partial charge in [-0.05, 0) is 13.8 Å². The van der Waals surface area contributed by atoms with Crippen LogP contribution in [0.1, 0.15) is 13.8 Å². The molecule has 0 aromatic heterocycles. The molecule has 0 amide bonds. The lowest BCUT2D eigenvalue weighted by molar-refractivity contribution is -0.622. The summed E-state index contributed by atoms with van der Waals surface area (Å²) in [6.07, 6.45) is 0. The van der Waals surface area contributed by atoms with Crippen LogP contribution < -0.4 is 0 Å². The molecule has 0 N–H and O–H groups in total. The summed E-state index contributed by atoms with van der Waals surface area (Å²) in [6, 6.07) is 3.11. The van der Waals surface area contributed by atoms with E-state index in [1.807, 2.05) is 0 Å². The highest BCUT2D eigenvalue weighted by atomic mass is 16.7. The van der Waals surface area contributed by atoms with Crippen LogP contribution in [0, 0.1) is 38.2 Å². The SMILES string of the molecule is CC1(C)C(C#N)=NO[C@@]1(C#N)[N+](=O)[O-]. The van der Waals surface area contributed by atoms with Crippen molar-refractivity contribution in [3.05, 3.63) is 10.1 Å². The Morgan fingerprint density at radius 3 is 2.36 bits per heavy atom. The van der Waals surface area contributed by atoms with Crippen LogP contribution in [0.4, 0.5) is 0 Å². The molecule has 1 aliphatic heterocycles. The molecule has 1 heterocycles. The third-order valence-electron chi connectivity index (χ3n) is 2.22. The molecular weight excluding hydrogens is 188 g/mol. The molecule has 7 nitrogen and oxygen atoms in total. The fourth-order valence-electron chi connectivity index (χ4n) is 1.12. The minimum absolute atomic E-state index is 0.157. The zero-order valence-corrected chi connectivity index (χ0v) is 7.51. The third kappa shape index (κ3) is 0.866. The lowest BCUT2D eigenvalue weighted by Crippen LogP contribution is -2.51. The Morgan fingerprint density at radius 1 is 1.57 bits per heavy atom. The topological polar surface area (TPSA) is 112 Å². The van der Waals surface area contributed by atoms with Gasteiger partial charge in [0.15, 0.2) is 11.8 Å². The highest BCUT2D eigenvalue weighted by Crippen LogP contribution is 2.40. The van der Waals surface area contributed by atoms with Gasteiger partial charge in [0.25, 0.3) is 0 Å². The molecule has 0 unspecified atom stereocenters. The standard InChI is InChI=1S/C7H6N4O3/c1-6(2)5(3-8)10-14-7(6,4-9)11(12)13/h1-2H3/t7-/m1/s1. The Labute approximate surface area is 79.3 Å². The number of hydrogen-bond acceptors (Lipinski definition) is 6. The normalized spacial score (nSPS) is 28.1. The van der Waals surface area contributed by atoms with Gasteiger partial charge in [-0.1, -0.05) is 5.16 Å². The van der Waals surface area contributed by atoms with Crippen LogP contribution in [0.25, 0.3) is 0 Å². The van der Waals surface area contributed by atoms with Crippen LogP contribution in [0.5, 0.6) is 0 Å². The Hall–Kier alpha value is -2.15. The van der Waals surface area contributed by atoms with E-state index in [1.165, 1.54) is 19.9 Å². The van der Waals surface area contributed by atoms with E-state index < -0.39 is 16.1 Å². The van der Waals surface area contributed by atoms with Crippen LogP contribution in [-0.4, -0.2) is 16.4 Å². The van der Waals surface area contributed by atoms with E-state index in [2.05, 4.69) is 9.99 Å². The molecule has 72 valence electrons. The minimum atomic E-state index is -2.29. The average Bonchev–Trinajstić information content (AvgIpc) is 2.37. The average molecular weight is 194 g/mol. The smallest absolute Gasteiger partial charge is 0.304 e. The van der Waals surface area contributed by atoms with Gasteiger partial charge >= 0.3 is 5.72 Å². The number of oxime groups is 1. The van der Waals surface area contributed by atoms with Crippen molar-refractivity contribution in [3.8, 4) is 12.1 Å². The summed E-state index contributed by atoms with van der Waals surface area (Å²) in [4.78, 5) is 14.3. The van der Waals surface area contributed by atoms with Crippen LogP contribution in [0.2, 0.25) is 0 Å². The zero-order valence-electron chi connectivity index (χ0n) is 7.51. The van der Waals surface area contributed by atoms with Gasteiger partial charge in [-0.2, -0.15) is 10.5 Å². The monoisotopic (exact) mass is 194 g/mol. The van der Waals surface area contributed by atoms with Crippen molar-refractivity contribution in [1.82, 2.24) is 0 Å². The molecule has 14 heavy (non-hydrogen) atoms. The first kappa shape index (κ1) is 9.93. The van der Waals surface area contributed by atoms with Crippen LogP contribution in [0.15, 0.2) is 5.16 Å². The molecule has 0 radical (unpaired) electrons. The predicted molar refractivity (Wildman–Crippen MR) is 43.3 cm³/mol. The van der Waals surface area contributed by atoms with Crippen molar-refractivity contribution in [2.24, 2.45) is 10.6 Å². The molecule has 0 saturated heterocycles. The lowest BCUT2D eigenvalue weighted by atomic mass is 9.78. The van der Waals surface area contributed by atoms with E-state index in [9.17, 15) is 10.1 Å². The molecule has 1 aliphatic rings. The van der Waals surface area contributed by atoms with Crippen molar-refractivity contribution in [1.29, 1.82) is 10.5 Å². The van der Waals surface area contributed by atoms with E-state index in [0.29, 0.717) is 0 Å². The number of rotatable bonds is 1. The van der Waals surface area contributed by atoms with Gasteiger partial charge in [-0.3, -0.25) is 10.1 Å². The Morgan fingerprint density at radius 2 is 2.14 bits per heavy atom. The van der Waals surface area contributed by atoms with Gasteiger partial charge in [0.1, 0.15) is 11.5 Å². The molecule has 0 aliphatic carbocycles. The maximum atomic E-state index is 10.7. The van der Waals surface area contributed by atoms with Gasteiger partial charge in [-0.25, -0.2) is 0 Å². The first-order valence-electron chi connectivity index (χ1n) is 3.65. The van der Waals surface area contributed by atoms with Crippen molar-refractivity contribution in [2.75, 3.05) is 0 Å². The molecule has 0 spiro atoms. The van der Waals surface area contributed by atoms with E-state index in [0.717, 1.165) is 0 Å². The van der Waals surface area contributed by atoms with E-state index in [4.69, 9.17) is 10.5 Å². The van der Waals surface area contributed by atoms with Gasteiger partial charge in [0.2, 0.25) is 0 Å². The van der Waals surface area contributed by atoms with E-state index in [1.54, 1.807) is 6.07 Å². The summed E-state index contributed by atoms with van der Waals surface area (Å²) >= 11 is 0. The number of nitriles is 2. The lowest BCUT2D eigenvalue weighted by Gasteiger charge is -2.22. The van der Waals surface area contributed by atoms with Crippen LogP contribution in [-0.2, 0) is 4.84 Å². The predicted octanol–water partition coefficient (Wildman–Crippen LogP) is 0.419. The van der Waals surface area contributed by atoms with Crippen LogP contribution in [0.3, 0.4) is 0 Å². The maximum absolute atomic E-state index is 10.7. The fourth-order valence-corrected chi connectivity index (χ4v) is 1.12. The Balaban J connectivity index is 3.30. The van der Waals surface area contributed by atoms with Gasteiger partial charge in [0.05, 0.1) is 4.92 Å². The van der Waals surface area contributed by atoms with Crippen molar-refractivity contribution < 1.29 is 9.76 Å². The quantitative estimate of drug-likeness (QED) is 0.443. The number of nitro groups is 1. The second-order valence-electron chi connectivity index (χ2n) is 3.28. The highest BCUT2D eigenvalue weighted by Gasteiger charge is 2.67. The van der Waals surface area contributed by atoms with Crippen molar-refractivity contribution >= 4 is 5.71 Å². The minimum Gasteiger partial charge on any atom is -0.304 e. The van der Waals surface area contributed by atoms with Crippen LogP contribution >= 0.6 is 0 Å². The second kappa shape index (κ2) is 2.67. The Kier molecular flexibility index (Phi) is 1.90. The molecule has 0 fully saturated rings. The summed E-state index contributed by atoms with van der Waals surface area (Å²) < 4.78 is 0. The van der Waals surface area contributed by atoms with E-state index in [-0.39, 0.29) is 5.71 Å². The van der Waals surface area contributed by atoms with Crippen molar-refractivity contribution in [3.63, 3.8) is 0 Å². The van der Waals surface area contributed by atoms with Crippen molar-refractivity contribution in [2.45, 2.75) is 19.6 Å². The summed E-state index contributed by atoms with van der Waals surface area (Å²) in [5.74, 6) is 0. The molecule has 7 heteroatoms. The first-order valence-corrected chi connectivity index (χ1v) is 3.65. The number of hydrogen-bond donors (Lipinski definition) is 0. The summed E-state index contributed by atoms with van der Waals surface area (Å²) in [5.41, 5.74) is -3.80. The summed E-state index contributed by atoms with van der Waals surface area (Å²) in [7, 11) is 0. The first-order chi connectivity index (χ1) is 6.42. The van der Waals surface area contributed by atoms with E-state index >= 15 is 0 Å². The number of nitrogens with zero attached hydrogens (tertiary/aromatic N) is 4. The largest absolute Gasteiger partial charge is 0.481 e. The van der Waals surface area contributed by atoms with Gasteiger partial charge in [0, 0.05) is 0 Å². The second-order valence-corrected chi connectivity index (χ2v) is 3.28. The highest BCUT2D eigenvalue weighted by molar-refractivity contribution is 6.04. The molecule has 0 aromatic carbocycles. The zero-order chi connectivity index (χ0) is 11.0. The van der Waals surface area contributed by atoms with Gasteiger partial charge < -0.3 is 4.84 Å². The molecule has 1 rings (SSSR count). The maximum Gasteiger partial charge on any atom is 0.481 e. The molecule has 0 saturated carbocycles. The third-order valence-corrected chi connectivity index (χ3v) is 2.22. The molecule has 0 bridgehead atoms.